The van der Waals surface area contributed by atoms with Crippen LogP contribution in [0.15, 0.2) is 114 Å². The van der Waals surface area contributed by atoms with Gasteiger partial charge in [-0.3, -0.25) is 0 Å². The summed E-state index contributed by atoms with van der Waals surface area (Å²) in [7, 11) is 0. The molecule has 1 aromatic heterocycles. The lowest BCUT2D eigenvalue weighted by Gasteiger charge is -2.40. The lowest BCUT2D eigenvalue weighted by molar-refractivity contribution is -0.150. The number of ether oxygens (including phenoxy) is 6. The highest BCUT2D eigenvalue weighted by molar-refractivity contribution is 7.22. The number of unbranched alkanes of at least 4 members (excludes halogenated alkanes) is 5. The van der Waals surface area contributed by atoms with Crippen LogP contribution in [0.2, 0.25) is 0 Å². The minimum absolute atomic E-state index is 0.0943. The first kappa shape index (κ1) is 54.8. The minimum atomic E-state index is -0.513. The van der Waals surface area contributed by atoms with E-state index in [0.717, 1.165) is 122 Å². The average Bonchev–Trinajstić information content (AvgIpc) is 3.85. The number of aromatic nitrogens is 1. The number of para-hydroxylation sites is 1. The maximum absolute atomic E-state index is 13.6. The van der Waals surface area contributed by atoms with Crippen LogP contribution < -0.4 is 14.5 Å². The second kappa shape index (κ2) is 28.5. The zero-order chi connectivity index (χ0) is 52.0. The van der Waals surface area contributed by atoms with Crippen LogP contribution >= 0.6 is 11.3 Å². The van der Waals surface area contributed by atoms with Gasteiger partial charge in [0.1, 0.15) is 11.5 Å². The summed E-state index contributed by atoms with van der Waals surface area (Å²) >= 11 is 1.53. The van der Waals surface area contributed by atoms with Gasteiger partial charge in [-0.05, 0) is 154 Å². The second-order valence-electron chi connectivity index (χ2n) is 18.8. The lowest BCUT2D eigenvalue weighted by Crippen LogP contribution is -2.45. The van der Waals surface area contributed by atoms with Gasteiger partial charge < -0.3 is 28.4 Å². The summed E-state index contributed by atoms with van der Waals surface area (Å²) in [6.45, 7) is 10.8. The predicted octanol–water partition coefficient (Wildman–Crippen LogP) is 12.5. The molecule has 0 aliphatic carbocycles. The van der Waals surface area contributed by atoms with Gasteiger partial charge in [-0.15, -0.1) is 0 Å². The molecule has 0 saturated carbocycles. The number of rotatable bonds is 30. The smallest absolute Gasteiger partial charge is 0.343 e. The third-order valence-corrected chi connectivity index (χ3v) is 14.1. The molecular formula is C60H68N4O9S. The fraction of sp³-hybridized carbons (Fsp3) is 0.400. The van der Waals surface area contributed by atoms with Crippen molar-refractivity contribution in [2.75, 3.05) is 57.8 Å². The van der Waals surface area contributed by atoms with Gasteiger partial charge in [0.2, 0.25) is 5.13 Å². The summed E-state index contributed by atoms with van der Waals surface area (Å²) in [5.41, 5.74) is 6.96. The molecule has 0 bridgehead atoms. The number of thiazole rings is 1. The van der Waals surface area contributed by atoms with Gasteiger partial charge in [0, 0.05) is 37.0 Å². The molecule has 1 aliphatic rings. The highest BCUT2D eigenvalue weighted by Gasteiger charge is 2.36. The summed E-state index contributed by atoms with van der Waals surface area (Å²) in [4.78, 5) is 43.9. The van der Waals surface area contributed by atoms with E-state index in [1.54, 1.807) is 54.7 Å². The fourth-order valence-electron chi connectivity index (χ4n) is 8.29. The number of esters is 3. The van der Waals surface area contributed by atoms with E-state index < -0.39 is 11.9 Å². The van der Waals surface area contributed by atoms with E-state index in [-0.39, 0.29) is 18.0 Å². The van der Waals surface area contributed by atoms with Crippen LogP contribution in [0.1, 0.15) is 131 Å². The molecule has 388 valence electrons. The molecule has 2 heterocycles. The predicted molar refractivity (Wildman–Crippen MR) is 290 cm³/mol. The van der Waals surface area contributed by atoms with Crippen molar-refractivity contribution in [3.8, 4) is 17.6 Å². The third kappa shape index (κ3) is 16.3. The Morgan fingerprint density at radius 1 is 0.757 bits per heavy atom. The van der Waals surface area contributed by atoms with Crippen molar-refractivity contribution in [1.82, 2.24) is 4.98 Å². The number of carbonyl (C=O) groups is 3. The summed E-state index contributed by atoms with van der Waals surface area (Å²) in [6, 6.07) is 35.7. The number of benzene rings is 5. The van der Waals surface area contributed by atoms with Gasteiger partial charge in [0.05, 0.1) is 78.8 Å². The van der Waals surface area contributed by atoms with Crippen LogP contribution in [0.25, 0.3) is 10.2 Å². The van der Waals surface area contributed by atoms with Crippen LogP contribution in [0.5, 0.6) is 11.5 Å². The Kier molecular flexibility index (Phi) is 21.1. The van der Waals surface area contributed by atoms with Gasteiger partial charge in [-0.1, -0.05) is 74.1 Å². The number of hydrogen-bond donors (Lipinski definition) is 0. The molecule has 6 aromatic rings. The van der Waals surface area contributed by atoms with Crippen molar-refractivity contribution in [3.05, 3.63) is 154 Å². The Morgan fingerprint density at radius 2 is 1.45 bits per heavy atom. The van der Waals surface area contributed by atoms with Crippen LogP contribution in [-0.2, 0) is 38.2 Å². The van der Waals surface area contributed by atoms with E-state index >= 15 is 0 Å². The lowest BCUT2D eigenvalue weighted by atomic mass is 9.84. The molecule has 1 aliphatic heterocycles. The van der Waals surface area contributed by atoms with Crippen LogP contribution in [0, 0.1) is 23.7 Å². The van der Waals surface area contributed by atoms with Gasteiger partial charge in [-0.2, -0.15) is 10.4 Å². The molecule has 13 nitrogen and oxygen atoms in total. The van der Waals surface area contributed by atoms with E-state index in [2.05, 4.69) is 13.0 Å². The first-order chi connectivity index (χ1) is 36.2. The molecule has 0 atom stereocenters. The Morgan fingerprint density at radius 3 is 2.09 bits per heavy atom. The topological polar surface area (TPSA) is 159 Å². The van der Waals surface area contributed by atoms with Gasteiger partial charge in [0.25, 0.3) is 0 Å². The van der Waals surface area contributed by atoms with Crippen molar-refractivity contribution in [2.24, 2.45) is 10.5 Å². The molecule has 0 unspecified atom stereocenters. The Balaban J connectivity index is 0.962. The number of aryl methyl sites for hydroxylation is 3. The first-order valence-electron chi connectivity index (χ1n) is 26.0. The summed E-state index contributed by atoms with van der Waals surface area (Å²) in [5.74, 6) is -0.213. The fourth-order valence-corrected chi connectivity index (χ4v) is 9.24. The first-order valence-corrected chi connectivity index (χ1v) is 26.8. The molecule has 1 fully saturated rings. The summed E-state index contributed by atoms with van der Waals surface area (Å²) in [5, 5.41) is 16.7. The van der Waals surface area contributed by atoms with Gasteiger partial charge in [-0.25, -0.2) is 24.4 Å². The molecule has 5 aromatic carbocycles. The van der Waals surface area contributed by atoms with Crippen molar-refractivity contribution in [2.45, 2.75) is 97.8 Å². The number of nitriles is 1. The zero-order valence-electron chi connectivity index (χ0n) is 43.0. The molecular weight excluding hydrogens is 953 g/mol. The molecule has 0 amide bonds. The standard InChI is InChI=1S/C60H68N4O9S/c1-4-34-71-56(65)48-23-19-45(20-24-48)17-18-46-21-25-49(26-22-46)57(66)72-37-31-47-27-29-52(39-51(47)40-62-64(33-12-8-11-32-61)59-63-53-15-9-10-16-55(53)74-59)73-58(67)50-28-30-54(44(3)38-50)70-36-14-7-6-13-35-68-41-60(5-2)42-69-43-60/h9-10,15-16,19-30,38-40H,4-8,11-14,17-18,31,33-37,41-43H2,1-3H3/b62-40+. The number of fused-ring (bicyclic) bond motifs is 1. The quantitative estimate of drug-likeness (QED) is 0.0138. The number of anilines is 1. The van der Waals surface area contributed by atoms with Crippen LogP contribution in [0.3, 0.4) is 0 Å². The Labute approximate surface area is 439 Å². The van der Waals surface area contributed by atoms with Gasteiger partial charge in [0.15, 0.2) is 0 Å². The van der Waals surface area contributed by atoms with E-state index in [1.807, 2.05) is 79.5 Å². The Bertz CT molecular complexity index is 2800. The molecule has 0 spiro atoms. The van der Waals surface area contributed by atoms with E-state index in [0.29, 0.717) is 72.2 Å². The molecule has 14 heteroatoms. The second-order valence-corrected chi connectivity index (χ2v) is 19.8. The van der Waals surface area contributed by atoms with Crippen LogP contribution in [-0.4, -0.2) is 81.9 Å². The van der Waals surface area contributed by atoms with E-state index in [4.69, 9.17) is 38.5 Å². The molecule has 0 N–H and O–H groups in total. The van der Waals surface area contributed by atoms with E-state index in [9.17, 15) is 19.6 Å². The number of nitrogens with zero attached hydrogens (tertiary/aromatic N) is 4. The molecule has 0 radical (unpaired) electrons. The van der Waals surface area contributed by atoms with Gasteiger partial charge >= 0.3 is 17.9 Å². The Hall–Kier alpha value is -6.92. The SMILES string of the molecule is CCCOC(=O)c1ccc(CCc2ccc(C(=O)OCCc3ccc(OC(=O)c4ccc(OCCCCCCOCC5(CC)COC5)c(C)c4)cc3/C=N/N(CCCCC#N)c3nc4ccccc4s3)cc2)cc1. The number of hydrogen-bond acceptors (Lipinski definition) is 14. The minimum Gasteiger partial charge on any atom is -0.493 e. The summed E-state index contributed by atoms with van der Waals surface area (Å²) < 4.78 is 35.4. The van der Waals surface area contributed by atoms with Crippen LogP contribution in [0.4, 0.5) is 5.13 Å². The highest BCUT2D eigenvalue weighted by atomic mass is 32.1. The van der Waals surface area contributed by atoms with E-state index in [1.165, 1.54) is 11.3 Å². The average molecular weight is 1020 g/mol. The maximum Gasteiger partial charge on any atom is 0.343 e. The normalized spacial score (nSPS) is 12.8. The number of hydrazone groups is 1. The van der Waals surface area contributed by atoms with Crippen molar-refractivity contribution in [3.63, 3.8) is 0 Å². The third-order valence-electron chi connectivity index (χ3n) is 13.0. The largest absolute Gasteiger partial charge is 0.493 e. The summed E-state index contributed by atoms with van der Waals surface area (Å²) in [6.07, 6.45) is 11.4. The monoisotopic (exact) mass is 1020 g/mol. The molecule has 1 saturated heterocycles. The highest BCUT2D eigenvalue weighted by Crippen LogP contribution is 2.32. The van der Waals surface area contributed by atoms with Crippen molar-refractivity contribution >= 4 is 50.8 Å². The molecule has 74 heavy (non-hydrogen) atoms. The zero-order valence-corrected chi connectivity index (χ0v) is 43.8. The molecule has 7 rings (SSSR count). The van der Waals surface area contributed by atoms with Crippen molar-refractivity contribution < 1.29 is 42.8 Å². The van der Waals surface area contributed by atoms with Crippen molar-refractivity contribution in [1.29, 1.82) is 5.26 Å². The number of carbonyl (C=O) groups excluding carboxylic acids is 3. The maximum atomic E-state index is 13.6.